The van der Waals surface area contributed by atoms with Gasteiger partial charge in [0, 0.05) is 5.02 Å². The number of hydrogen-bond acceptors (Lipinski definition) is 4. The van der Waals surface area contributed by atoms with E-state index in [0.29, 0.717) is 10.8 Å². The van der Waals surface area contributed by atoms with E-state index in [4.69, 9.17) is 27.9 Å². The van der Waals surface area contributed by atoms with Crippen molar-refractivity contribution in [1.82, 2.24) is 5.32 Å². The first-order valence-corrected chi connectivity index (χ1v) is 10.7. The normalized spacial score (nSPS) is 12.3. The number of ether oxygens (including phenoxy) is 1. The molecule has 0 aromatic heterocycles. The number of anilines is 1. The third-order valence-corrected chi connectivity index (χ3v) is 5.43. The Kier molecular flexibility index (Phi) is 7.35. The molecule has 0 aliphatic heterocycles. The number of carbonyl (C=O) groups is 1. The molecule has 27 heavy (non-hydrogen) atoms. The van der Waals surface area contributed by atoms with Crippen LogP contribution >= 0.6 is 23.2 Å². The zero-order valence-electron chi connectivity index (χ0n) is 14.9. The van der Waals surface area contributed by atoms with Crippen molar-refractivity contribution < 1.29 is 17.9 Å². The van der Waals surface area contributed by atoms with Crippen LogP contribution < -0.4 is 14.4 Å². The fraction of sp³-hybridized carbons (Fsp3) is 0.278. The third kappa shape index (κ3) is 6.02. The van der Waals surface area contributed by atoms with Gasteiger partial charge >= 0.3 is 0 Å². The molecule has 146 valence electrons. The van der Waals surface area contributed by atoms with Gasteiger partial charge in [-0.2, -0.15) is 0 Å². The summed E-state index contributed by atoms with van der Waals surface area (Å²) in [5, 5.41) is 3.15. The van der Waals surface area contributed by atoms with E-state index in [9.17, 15) is 13.2 Å². The summed E-state index contributed by atoms with van der Waals surface area (Å²) in [4.78, 5) is 12.5. The van der Waals surface area contributed by atoms with Crippen molar-refractivity contribution in [2.45, 2.75) is 13.0 Å². The summed E-state index contributed by atoms with van der Waals surface area (Å²) < 4.78 is 31.0. The van der Waals surface area contributed by atoms with Crippen molar-refractivity contribution in [3.05, 3.63) is 58.6 Å². The maximum atomic E-state index is 12.5. The fourth-order valence-electron chi connectivity index (χ4n) is 2.44. The van der Waals surface area contributed by atoms with E-state index < -0.39 is 22.0 Å². The average molecular weight is 431 g/mol. The number of nitrogens with zero attached hydrogens (tertiary/aromatic N) is 1. The number of sulfonamides is 1. The van der Waals surface area contributed by atoms with E-state index in [2.05, 4.69) is 5.32 Å². The van der Waals surface area contributed by atoms with Crippen molar-refractivity contribution in [1.29, 1.82) is 0 Å². The molecule has 0 unspecified atom stereocenters. The minimum absolute atomic E-state index is 0.148. The summed E-state index contributed by atoms with van der Waals surface area (Å²) >= 11 is 12.1. The van der Waals surface area contributed by atoms with Crippen LogP contribution in [0.3, 0.4) is 0 Å². The van der Waals surface area contributed by atoms with E-state index in [1.54, 1.807) is 18.2 Å². The Morgan fingerprint density at radius 3 is 2.48 bits per heavy atom. The molecule has 0 saturated heterocycles. The van der Waals surface area contributed by atoms with Gasteiger partial charge in [0.1, 0.15) is 18.4 Å². The highest BCUT2D eigenvalue weighted by atomic mass is 35.5. The first kappa shape index (κ1) is 21.3. The standard InChI is InChI=1S/C18H20Cl2N2O4S/c1-13(18(23)21-10-11-26-15-6-4-3-5-7-15)22(27(2,24)25)17-12-14(19)8-9-16(17)20/h3-9,12-13H,10-11H2,1-2H3,(H,21,23)/t13-/m0/s1. The number of para-hydroxylation sites is 1. The lowest BCUT2D eigenvalue weighted by atomic mass is 10.2. The van der Waals surface area contributed by atoms with Gasteiger partial charge in [0.2, 0.25) is 15.9 Å². The molecule has 0 spiro atoms. The monoisotopic (exact) mass is 430 g/mol. The van der Waals surface area contributed by atoms with Gasteiger partial charge in [-0.1, -0.05) is 41.4 Å². The third-order valence-electron chi connectivity index (χ3n) is 3.65. The van der Waals surface area contributed by atoms with Gasteiger partial charge < -0.3 is 10.1 Å². The second kappa shape index (κ2) is 9.30. The molecule has 1 N–H and O–H groups in total. The molecule has 2 aromatic rings. The second-order valence-electron chi connectivity index (χ2n) is 5.78. The Bertz CT molecular complexity index is 891. The molecule has 0 radical (unpaired) electrons. The van der Waals surface area contributed by atoms with Crippen LogP contribution in [0, 0.1) is 0 Å². The van der Waals surface area contributed by atoms with Crippen LogP contribution in [0.25, 0.3) is 0 Å². The molecule has 0 saturated carbocycles. The van der Waals surface area contributed by atoms with Crippen molar-refractivity contribution >= 4 is 44.8 Å². The van der Waals surface area contributed by atoms with Crippen LogP contribution in [-0.4, -0.2) is 39.8 Å². The second-order valence-corrected chi connectivity index (χ2v) is 8.49. The summed E-state index contributed by atoms with van der Waals surface area (Å²) in [6.45, 7) is 1.95. The Hall–Kier alpha value is -1.96. The van der Waals surface area contributed by atoms with Gasteiger partial charge in [-0.3, -0.25) is 9.10 Å². The van der Waals surface area contributed by atoms with Gasteiger partial charge in [-0.15, -0.1) is 0 Å². The van der Waals surface area contributed by atoms with Gasteiger partial charge in [0.25, 0.3) is 0 Å². The predicted octanol–water partition coefficient (Wildman–Crippen LogP) is 3.34. The predicted molar refractivity (Wildman–Crippen MR) is 108 cm³/mol. The molecular weight excluding hydrogens is 411 g/mol. The van der Waals surface area contributed by atoms with Crippen LogP contribution in [0.1, 0.15) is 6.92 Å². The van der Waals surface area contributed by atoms with Crippen molar-refractivity contribution in [3.8, 4) is 5.75 Å². The first-order valence-electron chi connectivity index (χ1n) is 8.10. The van der Waals surface area contributed by atoms with Crippen LogP contribution in [0.5, 0.6) is 5.75 Å². The number of halogens is 2. The fourth-order valence-corrected chi connectivity index (χ4v) is 4.05. The highest BCUT2D eigenvalue weighted by Crippen LogP contribution is 2.32. The summed E-state index contributed by atoms with van der Waals surface area (Å²) in [6, 6.07) is 12.6. The van der Waals surface area contributed by atoms with Crippen LogP contribution in [0.15, 0.2) is 48.5 Å². The molecule has 1 atom stereocenters. The maximum absolute atomic E-state index is 12.5. The van der Waals surface area contributed by atoms with E-state index >= 15 is 0 Å². The number of benzene rings is 2. The van der Waals surface area contributed by atoms with Gasteiger partial charge in [0.15, 0.2) is 0 Å². The number of amides is 1. The average Bonchev–Trinajstić information content (AvgIpc) is 2.61. The quantitative estimate of drug-likeness (QED) is 0.651. The van der Waals surface area contributed by atoms with Crippen molar-refractivity contribution in [2.75, 3.05) is 23.7 Å². The Morgan fingerprint density at radius 1 is 1.19 bits per heavy atom. The molecule has 0 heterocycles. The Morgan fingerprint density at radius 2 is 1.85 bits per heavy atom. The maximum Gasteiger partial charge on any atom is 0.243 e. The van der Waals surface area contributed by atoms with Crippen LogP contribution in [0.4, 0.5) is 5.69 Å². The highest BCUT2D eigenvalue weighted by molar-refractivity contribution is 7.92. The zero-order valence-corrected chi connectivity index (χ0v) is 17.2. The molecule has 2 rings (SSSR count). The minimum atomic E-state index is -3.78. The number of carbonyl (C=O) groups excluding carboxylic acids is 1. The molecular formula is C18H20Cl2N2O4S. The van der Waals surface area contributed by atoms with E-state index in [0.717, 1.165) is 10.6 Å². The molecule has 1 amide bonds. The number of nitrogens with one attached hydrogen (secondary N) is 1. The lowest BCUT2D eigenvalue weighted by Gasteiger charge is -2.29. The number of hydrogen-bond donors (Lipinski definition) is 1. The topological polar surface area (TPSA) is 75.7 Å². The van der Waals surface area contributed by atoms with Crippen molar-refractivity contribution in [3.63, 3.8) is 0 Å². The Labute approximate surface area is 169 Å². The highest BCUT2D eigenvalue weighted by Gasteiger charge is 2.30. The lowest BCUT2D eigenvalue weighted by Crippen LogP contribution is -2.48. The molecule has 0 bridgehead atoms. The zero-order chi connectivity index (χ0) is 20.0. The lowest BCUT2D eigenvalue weighted by molar-refractivity contribution is -0.121. The van der Waals surface area contributed by atoms with Crippen LogP contribution in [-0.2, 0) is 14.8 Å². The van der Waals surface area contributed by atoms with Gasteiger partial charge in [0.05, 0.1) is 23.5 Å². The molecule has 2 aromatic carbocycles. The first-order chi connectivity index (χ1) is 12.7. The van der Waals surface area contributed by atoms with E-state index in [-0.39, 0.29) is 23.9 Å². The van der Waals surface area contributed by atoms with E-state index in [1.165, 1.54) is 19.1 Å². The largest absolute Gasteiger partial charge is 0.492 e. The van der Waals surface area contributed by atoms with Crippen LogP contribution in [0.2, 0.25) is 10.0 Å². The van der Waals surface area contributed by atoms with Crippen molar-refractivity contribution in [2.24, 2.45) is 0 Å². The molecule has 6 nitrogen and oxygen atoms in total. The van der Waals surface area contributed by atoms with Gasteiger partial charge in [-0.05, 0) is 37.3 Å². The summed E-state index contributed by atoms with van der Waals surface area (Å²) in [5.41, 5.74) is 0.148. The molecule has 9 heteroatoms. The molecule has 0 aliphatic carbocycles. The molecule has 0 fully saturated rings. The Balaban J connectivity index is 2.05. The van der Waals surface area contributed by atoms with E-state index in [1.807, 2.05) is 18.2 Å². The minimum Gasteiger partial charge on any atom is -0.492 e. The summed E-state index contributed by atoms with van der Waals surface area (Å²) in [7, 11) is -3.78. The SMILES string of the molecule is C[C@@H](C(=O)NCCOc1ccccc1)N(c1cc(Cl)ccc1Cl)S(C)(=O)=O. The molecule has 0 aliphatic rings. The summed E-state index contributed by atoms with van der Waals surface area (Å²) in [5.74, 6) is 0.205. The number of rotatable bonds is 8. The smallest absolute Gasteiger partial charge is 0.243 e. The summed E-state index contributed by atoms with van der Waals surface area (Å²) in [6.07, 6.45) is 1.01. The van der Waals surface area contributed by atoms with Gasteiger partial charge in [-0.25, -0.2) is 8.42 Å².